The number of esters is 4. The van der Waals surface area contributed by atoms with Gasteiger partial charge in [-0.1, -0.05) is 315 Å². The van der Waals surface area contributed by atoms with Gasteiger partial charge in [0.1, 0.15) is 19.3 Å². The van der Waals surface area contributed by atoms with Crippen LogP contribution in [0.25, 0.3) is 0 Å². The summed E-state index contributed by atoms with van der Waals surface area (Å²) in [5.41, 5.74) is 0. The molecule has 0 spiro atoms. The van der Waals surface area contributed by atoms with Crippen molar-refractivity contribution in [1.82, 2.24) is 0 Å². The van der Waals surface area contributed by atoms with E-state index in [2.05, 4.69) is 137 Å². The largest absolute Gasteiger partial charge is 0.472 e. The number of rotatable bonds is 78. The summed E-state index contributed by atoms with van der Waals surface area (Å²) in [6.45, 7) is 4.63. The van der Waals surface area contributed by atoms with Gasteiger partial charge in [-0.3, -0.25) is 37.3 Å². The van der Waals surface area contributed by atoms with Crippen LogP contribution in [-0.4, -0.2) is 96.7 Å². The van der Waals surface area contributed by atoms with Gasteiger partial charge < -0.3 is 33.8 Å². The molecule has 5 atom stereocenters. The molecule has 19 heteroatoms. The van der Waals surface area contributed by atoms with Gasteiger partial charge >= 0.3 is 39.5 Å². The number of hydrogen-bond acceptors (Lipinski definition) is 15. The molecule has 0 saturated carbocycles. The summed E-state index contributed by atoms with van der Waals surface area (Å²) in [7, 11) is -10.0. The molecule has 0 aromatic heterocycles. The maximum Gasteiger partial charge on any atom is 0.472 e. The molecule has 108 heavy (non-hydrogen) atoms. The average molecular weight is 1550 g/mol. The zero-order valence-electron chi connectivity index (χ0n) is 67.7. The Kier molecular flexibility index (Phi) is 76.3. The molecular formula is C89H150O17P2. The number of unbranched alkanes of at least 4 members (excludes halogenated alkanes) is 28. The van der Waals surface area contributed by atoms with Crippen molar-refractivity contribution in [2.75, 3.05) is 39.6 Å². The van der Waals surface area contributed by atoms with Crippen LogP contribution >= 0.6 is 15.6 Å². The molecule has 0 bridgehead atoms. The Labute approximate surface area is 656 Å². The normalized spacial score (nSPS) is 14.5. The average Bonchev–Trinajstić information content (AvgIpc) is 0.880. The van der Waals surface area contributed by atoms with Crippen LogP contribution in [0, 0.1) is 0 Å². The Bertz CT molecular complexity index is 2610. The van der Waals surface area contributed by atoms with Crippen molar-refractivity contribution in [3.8, 4) is 0 Å². The first-order valence-corrected chi connectivity index (χ1v) is 45.1. The lowest BCUT2D eigenvalue weighted by atomic mass is 10.0. The second kappa shape index (κ2) is 80.0. The molecule has 3 N–H and O–H groups in total. The first-order chi connectivity index (χ1) is 52.7. The minimum Gasteiger partial charge on any atom is -0.462 e. The first-order valence-electron chi connectivity index (χ1n) is 42.1. The number of carbonyl (C=O) groups is 4. The molecule has 0 saturated heterocycles. The van der Waals surface area contributed by atoms with E-state index in [0.717, 1.165) is 96.3 Å². The van der Waals surface area contributed by atoms with Crippen molar-refractivity contribution in [3.63, 3.8) is 0 Å². The zero-order valence-corrected chi connectivity index (χ0v) is 69.5. The minimum atomic E-state index is -5.02. The van der Waals surface area contributed by atoms with Crippen LogP contribution in [0.15, 0.2) is 146 Å². The molecule has 0 heterocycles. The molecule has 2 unspecified atom stereocenters. The third-order valence-corrected chi connectivity index (χ3v) is 19.2. The van der Waals surface area contributed by atoms with Crippen molar-refractivity contribution < 1.29 is 80.2 Å². The molecular weight excluding hydrogens is 1400 g/mol. The summed E-state index contributed by atoms with van der Waals surface area (Å²) in [5.74, 6) is -2.37. The van der Waals surface area contributed by atoms with Crippen molar-refractivity contribution in [2.24, 2.45) is 0 Å². The van der Waals surface area contributed by atoms with E-state index in [0.29, 0.717) is 44.9 Å². The third kappa shape index (κ3) is 79.0. The Morgan fingerprint density at radius 3 is 0.731 bits per heavy atom. The standard InChI is InChI=1S/C89H150O17P2/c1-5-9-13-17-21-25-29-33-37-41-45-49-53-57-61-65-69-73-86(91)99-79-84(105-88(93)75-71-67-63-59-55-51-47-43-39-35-31-27-23-19-15-11-7-3)81-103-107(95,96)101-77-83(90)78-102-108(97,98)104-82-85(106-89(94)76-72-68-64-60-56-52-48-44-40-36-32-28-24-20-16-12-8-4)80-100-87(92)74-70-66-62-58-54-50-46-42-38-34-30-26-22-18-14-10-6-2/h21,23-25,27-28,33,35-37,39-40,45,47-49,51-52,57,59-61,63-64,83-85,90H,5-20,22,26,29-32,34,38,41-44,46,50,53-56,58,62,65-82H2,1-4H3,(H,95,96)(H,97,98)/b25-21-,27-23-,28-24-,37-33-,39-35-,40-36-,49-45-,51-47-,52-48-,61-57-,63-59-,64-60-/t83-,84-,85-/m1/s1. The molecule has 0 rings (SSSR count). The Morgan fingerprint density at radius 1 is 0.259 bits per heavy atom. The smallest absolute Gasteiger partial charge is 0.462 e. The molecule has 0 aromatic rings. The van der Waals surface area contributed by atoms with Gasteiger partial charge in [-0.25, -0.2) is 9.13 Å². The molecule has 17 nitrogen and oxygen atoms in total. The number of aliphatic hydroxyl groups is 1. The summed E-state index contributed by atoms with van der Waals surface area (Å²) in [5, 5.41) is 10.7. The van der Waals surface area contributed by atoms with E-state index in [9.17, 15) is 43.2 Å². The van der Waals surface area contributed by atoms with E-state index in [1.54, 1.807) is 0 Å². The van der Waals surface area contributed by atoms with Crippen LogP contribution in [-0.2, 0) is 65.4 Å². The van der Waals surface area contributed by atoms with Gasteiger partial charge in [0.2, 0.25) is 0 Å². The summed E-state index contributed by atoms with van der Waals surface area (Å²) < 4.78 is 68.6. The molecule has 0 aliphatic rings. The van der Waals surface area contributed by atoms with Gasteiger partial charge in [0.15, 0.2) is 12.2 Å². The molecule has 0 aliphatic carbocycles. The molecule has 0 amide bonds. The van der Waals surface area contributed by atoms with E-state index in [4.69, 9.17) is 37.0 Å². The van der Waals surface area contributed by atoms with Gasteiger partial charge in [0.05, 0.1) is 26.4 Å². The third-order valence-electron chi connectivity index (χ3n) is 17.3. The fourth-order valence-corrected chi connectivity index (χ4v) is 12.4. The predicted octanol–water partition coefficient (Wildman–Crippen LogP) is 25.0. The molecule has 0 fully saturated rings. The number of aliphatic hydroxyl groups excluding tert-OH is 1. The predicted molar refractivity (Wildman–Crippen MR) is 445 cm³/mol. The van der Waals surface area contributed by atoms with E-state index in [1.807, 2.05) is 36.5 Å². The summed E-state index contributed by atoms with van der Waals surface area (Å²) in [4.78, 5) is 73.1. The first kappa shape index (κ1) is 103. The number of phosphoric ester groups is 2. The van der Waals surface area contributed by atoms with Crippen molar-refractivity contribution in [1.29, 1.82) is 0 Å². The lowest BCUT2D eigenvalue weighted by molar-refractivity contribution is -0.161. The highest BCUT2D eigenvalue weighted by molar-refractivity contribution is 7.47. The van der Waals surface area contributed by atoms with Gasteiger partial charge in [-0.15, -0.1) is 0 Å². The Hall–Kier alpha value is -5.06. The van der Waals surface area contributed by atoms with Crippen LogP contribution in [0.2, 0.25) is 0 Å². The van der Waals surface area contributed by atoms with Crippen LogP contribution in [0.1, 0.15) is 336 Å². The summed E-state index contributed by atoms with van der Waals surface area (Å²) >= 11 is 0. The molecule has 0 aliphatic heterocycles. The number of ether oxygens (including phenoxy) is 4. The second-order valence-corrected chi connectivity index (χ2v) is 30.6. The lowest BCUT2D eigenvalue weighted by Gasteiger charge is -2.21. The van der Waals surface area contributed by atoms with Crippen LogP contribution in [0.3, 0.4) is 0 Å². The highest BCUT2D eigenvalue weighted by atomic mass is 31.2. The fraction of sp³-hybridized carbons (Fsp3) is 0.685. The molecule has 618 valence electrons. The Morgan fingerprint density at radius 2 is 0.463 bits per heavy atom. The fourth-order valence-electron chi connectivity index (χ4n) is 10.8. The Balaban J connectivity index is 5.52. The lowest BCUT2D eigenvalue weighted by Crippen LogP contribution is -2.30. The monoisotopic (exact) mass is 1550 g/mol. The number of carbonyl (C=O) groups excluding carboxylic acids is 4. The summed E-state index contributed by atoms with van der Waals surface area (Å²) in [6, 6.07) is 0. The van der Waals surface area contributed by atoms with E-state index in [1.165, 1.54) is 141 Å². The van der Waals surface area contributed by atoms with Gasteiger partial charge in [-0.05, 0) is 141 Å². The van der Waals surface area contributed by atoms with E-state index < -0.39 is 97.5 Å². The van der Waals surface area contributed by atoms with Gasteiger partial charge in [0, 0.05) is 25.7 Å². The van der Waals surface area contributed by atoms with Gasteiger partial charge in [-0.2, -0.15) is 0 Å². The second-order valence-electron chi connectivity index (χ2n) is 27.7. The van der Waals surface area contributed by atoms with Gasteiger partial charge in [0.25, 0.3) is 0 Å². The quantitative estimate of drug-likeness (QED) is 0.0169. The highest BCUT2D eigenvalue weighted by Gasteiger charge is 2.30. The number of phosphoric acid groups is 2. The summed E-state index contributed by atoms with van der Waals surface area (Å²) in [6.07, 6.45) is 92.7. The minimum absolute atomic E-state index is 0.00217. The van der Waals surface area contributed by atoms with Crippen LogP contribution < -0.4 is 0 Å². The van der Waals surface area contributed by atoms with Crippen LogP contribution in [0.5, 0.6) is 0 Å². The SMILES string of the molecule is CCCCC/C=C\C/C=C\C/C=C\C/C=C\CCCC(=O)OC[C@H](COP(=O)(O)OC[C@@H](O)COP(=O)(O)OC[C@@H](COC(=O)CCCCCCCCCCCCCCCCCCC)OC(=O)CCC/C=C\C/C=C\C/C=C\C/C=C\CCCCC)OC(=O)CCC/C=C\C/C=C\C/C=C\C/C=C\CCCCC. The molecule has 0 aromatic carbocycles. The van der Waals surface area contributed by atoms with Crippen LogP contribution in [0.4, 0.5) is 0 Å². The van der Waals surface area contributed by atoms with E-state index in [-0.39, 0.29) is 25.7 Å². The van der Waals surface area contributed by atoms with E-state index >= 15 is 0 Å². The number of allylic oxidation sites excluding steroid dienone is 24. The molecule has 0 radical (unpaired) electrons. The maximum atomic E-state index is 13.1. The zero-order chi connectivity index (χ0) is 78.9. The van der Waals surface area contributed by atoms with Crippen molar-refractivity contribution >= 4 is 39.5 Å². The maximum absolute atomic E-state index is 13.1. The van der Waals surface area contributed by atoms with Crippen molar-refractivity contribution in [3.05, 3.63) is 146 Å². The van der Waals surface area contributed by atoms with Crippen molar-refractivity contribution in [2.45, 2.75) is 354 Å². The highest BCUT2D eigenvalue weighted by Crippen LogP contribution is 2.45. The topological polar surface area (TPSA) is 237 Å². The number of hydrogen-bond donors (Lipinski definition) is 3.